The van der Waals surface area contributed by atoms with Gasteiger partial charge in [-0.15, -0.1) is 0 Å². The van der Waals surface area contributed by atoms with Gasteiger partial charge in [-0.2, -0.15) is 0 Å². The Labute approximate surface area is 149 Å². The van der Waals surface area contributed by atoms with Crippen LogP contribution < -0.4 is 5.32 Å². The van der Waals surface area contributed by atoms with Gasteiger partial charge in [-0.05, 0) is 31.6 Å². The Balaban J connectivity index is 1.48. The number of amides is 1. The van der Waals surface area contributed by atoms with Gasteiger partial charge in [-0.1, -0.05) is 48.5 Å². The van der Waals surface area contributed by atoms with Crippen LogP contribution in [0.2, 0.25) is 0 Å². The molecule has 0 aliphatic carbocycles. The zero-order valence-corrected chi connectivity index (χ0v) is 14.9. The summed E-state index contributed by atoms with van der Waals surface area (Å²) in [5, 5.41) is 4.05. The highest BCUT2D eigenvalue weighted by Gasteiger charge is 2.12. The first-order valence-electron chi connectivity index (χ1n) is 8.70. The van der Waals surface area contributed by atoms with Crippen LogP contribution >= 0.6 is 0 Å². The van der Waals surface area contributed by atoms with Crippen molar-refractivity contribution >= 4 is 16.8 Å². The fraction of sp³-hybridized carbons (Fsp3) is 0.286. The van der Waals surface area contributed by atoms with Gasteiger partial charge < -0.3 is 14.8 Å². The third-order valence-electron chi connectivity index (χ3n) is 4.44. The molecule has 1 N–H and O–H groups in total. The molecule has 1 amide bonds. The molecule has 4 nitrogen and oxygen atoms in total. The zero-order chi connectivity index (χ0) is 17.6. The Hall–Kier alpha value is -2.59. The maximum Gasteiger partial charge on any atom is 0.253 e. The number of rotatable bonds is 7. The molecule has 0 saturated carbocycles. The minimum Gasteiger partial charge on any atom is -0.352 e. The quantitative estimate of drug-likeness (QED) is 0.672. The number of nitrogens with zero attached hydrogens (tertiary/aromatic N) is 2. The first-order chi connectivity index (χ1) is 12.1. The molecule has 0 saturated heterocycles. The second-order valence-corrected chi connectivity index (χ2v) is 6.50. The van der Waals surface area contributed by atoms with Gasteiger partial charge in [0.1, 0.15) is 0 Å². The largest absolute Gasteiger partial charge is 0.352 e. The highest BCUT2D eigenvalue weighted by Crippen LogP contribution is 2.19. The summed E-state index contributed by atoms with van der Waals surface area (Å²) in [5.74, 6) is 0.00233. The number of hydrogen-bond donors (Lipinski definition) is 1. The first kappa shape index (κ1) is 17.2. The van der Waals surface area contributed by atoms with Crippen LogP contribution in [-0.4, -0.2) is 35.5 Å². The number of carbonyl (C=O) groups excluding carboxylic acids is 1. The van der Waals surface area contributed by atoms with Gasteiger partial charge in [0.15, 0.2) is 0 Å². The number of carbonyl (C=O) groups is 1. The minimum absolute atomic E-state index is 0.00233. The van der Waals surface area contributed by atoms with E-state index in [-0.39, 0.29) is 5.91 Å². The summed E-state index contributed by atoms with van der Waals surface area (Å²) in [6, 6.07) is 18.4. The van der Waals surface area contributed by atoms with Crippen LogP contribution in [0.4, 0.5) is 0 Å². The van der Waals surface area contributed by atoms with Crippen LogP contribution in [0.15, 0.2) is 60.8 Å². The molecule has 0 radical (unpaired) electrons. The Bertz CT molecular complexity index is 839. The van der Waals surface area contributed by atoms with Gasteiger partial charge in [0.25, 0.3) is 5.91 Å². The second kappa shape index (κ2) is 7.99. The predicted octanol–water partition coefficient (Wildman–Crippen LogP) is 3.43. The van der Waals surface area contributed by atoms with Crippen molar-refractivity contribution in [2.45, 2.75) is 13.0 Å². The summed E-state index contributed by atoms with van der Waals surface area (Å²) in [6.07, 6.45) is 2.83. The van der Waals surface area contributed by atoms with Gasteiger partial charge in [-0.25, -0.2) is 0 Å². The molecule has 0 unspecified atom stereocenters. The molecule has 25 heavy (non-hydrogen) atoms. The van der Waals surface area contributed by atoms with Gasteiger partial charge in [0.2, 0.25) is 0 Å². The molecule has 3 rings (SSSR count). The van der Waals surface area contributed by atoms with E-state index in [1.54, 1.807) is 0 Å². The predicted molar refractivity (Wildman–Crippen MR) is 103 cm³/mol. The molecule has 0 bridgehead atoms. The fourth-order valence-electron chi connectivity index (χ4n) is 3.14. The number of para-hydroxylation sites is 1. The van der Waals surface area contributed by atoms with Gasteiger partial charge in [0, 0.05) is 37.2 Å². The molecular formula is C21H25N3O. The molecule has 0 aliphatic rings. The third-order valence-corrected chi connectivity index (χ3v) is 4.44. The van der Waals surface area contributed by atoms with Crippen molar-refractivity contribution < 1.29 is 4.79 Å². The highest BCUT2D eigenvalue weighted by molar-refractivity contribution is 6.06. The lowest BCUT2D eigenvalue weighted by atomic mass is 10.1. The summed E-state index contributed by atoms with van der Waals surface area (Å²) in [5.41, 5.74) is 3.13. The number of benzene rings is 2. The lowest BCUT2D eigenvalue weighted by Gasteiger charge is -2.16. The molecule has 0 fully saturated rings. The summed E-state index contributed by atoms with van der Waals surface area (Å²) >= 11 is 0. The molecule has 130 valence electrons. The average Bonchev–Trinajstić information content (AvgIpc) is 2.97. The smallest absolute Gasteiger partial charge is 0.253 e. The molecule has 1 aromatic heterocycles. The van der Waals surface area contributed by atoms with Crippen molar-refractivity contribution in [3.63, 3.8) is 0 Å². The lowest BCUT2D eigenvalue weighted by Crippen LogP contribution is -2.28. The van der Waals surface area contributed by atoms with Crippen molar-refractivity contribution in [1.29, 1.82) is 0 Å². The van der Waals surface area contributed by atoms with E-state index in [2.05, 4.69) is 41.5 Å². The number of aromatic nitrogens is 1. The third kappa shape index (κ3) is 4.28. The van der Waals surface area contributed by atoms with Crippen molar-refractivity contribution in [3.05, 3.63) is 71.9 Å². The summed E-state index contributed by atoms with van der Waals surface area (Å²) in [7, 11) is 4.08. The first-order valence-corrected chi connectivity index (χ1v) is 8.70. The molecule has 4 heteroatoms. The number of hydrogen-bond acceptors (Lipinski definition) is 2. The second-order valence-electron chi connectivity index (χ2n) is 6.50. The Morgan fingerprint density at radius 3 is 2.60 bits per heavy atom. The van der Waals surface area contributed by atoms with Crippen molar-refractivity contribution in [1.82, 2.24) is 14.8 Å². The number of fused-ring (bicyclic) bond motifs is 1. The molecule has 3 aromatic rings. The summed E-state index contributed by atoms with van der Waals surface area (Å²) < 4.78 is 2.00. The summed E-state index contributed by atoms with van der Waals surface area (Å²) in [4.78, 5) is 14.7. The highest BCUT2D eigenvalue weighted by atomic mass is 16.1. The van der Waals surface area contributed by atoms with E-state index in [9.17, 15) is 4.79 Å². The zero-order valence-electron chi connectivity index (χ0n) is 14.9. The SMILES string of the molecule is CN(CCCNC(=O)c1cn(C)c2ccccc12)Cc1ccccc1. The van der Waals surface area contributed by atoms with Crippen LogP contribution in [-0.2, 0) is 13.6 Å². The van der Waals surface area contributed by atoms with Crippen molar-refractivity contribution in [3.8, 4) is 0 Å². The van der Waals surface area contributed by atoms with Crippen LogP contribution in [0.5, 0.6) is 0 Å². The molecule has 2 aromatic carbocycles. The maximum absolute atomic E-state index is 12.5. The molecular weight excluding hydrogens is 310 g/mol. The topological polar surface area (TPSA) is 37.3 Å². The van der Waals surface area contributed by atoms with E-state index in [1.165, 1.54) is 5.56 Å². The van der Waals surface area contributed by atoms with Crippen LogP contribution in [0.25, 0.3) is 10.9 Å². The Morgan fingerprint density at radius 2 is 1.80 bits per heavy atom. The summed E-state index contributed by atoms with van der Waals surface area (Å²) in [6.45, 7) is 2.56. The van der Waals surface area contributed by atoms with Gasteiger partial charge >= 0.3 is 0 Å². The average molecular weight is 335 g/mol. The van der Waals surface area contributed by atoms with E-state index in [1.807, 2.05) is 48.1 Å². The minimum atomic E-state index is 0.00233. The fourth-order valence-corrected chi connectivity index (χ4v) is 3.14. The monoisotopic (exact) mass is 335 g/mol. The molecule has 0 aliphatic heterocycles. The van der Waals surface area contributed by atoms with E-state index < -0.39 is 0 Å². The lowest BCUT2D eigenvalue weighted by molar-refractivity contribution is 0.0953. The molecule has 1 heterocycles. The Kier molecular flexibility index (Phi) is 5.51. The number of nitrogens with one attached hydrogen (secondary N) is 1. The van der Waals surface area contributed by atoms with E-state index in [0.717, 1.165) is 36.0 Å². The van der Waals surface area contributed by atoms with Gasteiger partial charge in [0.05, 0.1) is 5.56 Å². The van der Waals surface area contributed by atoms with Crippen molar-refractivity contribution in [2.24, 2.45) is 7.05 Å². The Morgan fingerprint density at radius 1 is 1.08 bits per heavy atom. The van der Waals surface area contributed by atoms with Crippen LogP contribution in [0, 0.1) is 0 Å². The molecule has 0 spiro atoms. The number of aryl methyl sites for hydroxylation is 1. The normalized spacial score (nSPS) is 11.2. The molecule has 0 atom stereocenters. The maximum atomic E-state index is 12.5. The van der Waals surface area contributed by atoms with Crippen molar-refractivity contribution in [2.75, 3.05) is 20.1 Å². The van der Waals surface area contributed by atoms with E-state index >= 15 is 0 Å². The van der Waals surface area contributed by atoms with E-state index in [4.69, 9.17) is 0 Å². The van der Waals surface area contributed by atoms with Gasteiger partial charge in [-0.3, -0.25) is 4.79 Å². The van der Waals surface area contributed by atoms with Crippen LogP contribution in [0.1, 0.15) is 22.3 Å². The van der Waals surface area contributed by atoms with E-state index in [0.29, 0.717) is 6.54 Å². The van der Waals surface area contributed by atoms with Crippen LogP contribution in [0.3, 0.4) is 0 Å². The standard InChI is InChI=1S/C21H25N3O/c1-23(15-17-9-4-3-5-10-17)14-8-13-22-21(25)19-16-24(2)20-12-7-6-11-18(19)20/h3-7,9-12,16H,8,13-15H2,1-2H3,(H,22,25).